The minimum absolute atomic E-state index is 0.648. The van der Waals surface area contributed by atoms with Gasteiger partial charge in [-0.2, -0.15) is 0 Å². The molecule has 19 heavy (non-hydrogen) atoms. The van der Waals surface area contributed by atoms with Crippen molar-refractivity contribution in [1.82, 2.24) is 0 Å². The highest BCUT2D eigenvalue weighted by molar-refractivity contribution is 6.39. The second-order valence-electron chi connectivity index (χ2n) is 4.83. The SMILES string of the molecule is Cc1cc(C)c(CNc2c(Cl)cccc2Cl)c(C)c1. The van der Waals surface area contributed by atoms with Crippen molar-refractivity contribution in [2.24, 2.45) is 0 Å². The van der Waals surface area contributed by atoms with Gasteiger partial charge >= 0.3 is 0 Å². The lowest BCUT2D eigenvalue weighted by atomic mass is 10.00. The van der Waals surface area contributed by atoms with Crippen molar-refractivity contribution in [3.63, 3.8) is 0 Å². The highest BCUT2D eigenvalue weighted by Gasteiger charge is 2.07. The Kier molecular flexibility index (Phi) is 4.38. The van der Waals surface area contributed by atoms with Crippen LogP contribution in [0.15, 0.2) is 30.3 Å². The van der Waals surface area contributed by atoms with Crippen LogP contribution in [0.3, 0.4) is 0 Å². The fourth-order valence-corrected chi connectivity index (χ4v) is 2.86. The van der Waals surface area contributed by atoms with Crippen LogP contribution in [0.1, 0.15) is 22.3 Å². The fraction of sp³-hybridized carbons (Fsp3) is 0.250. The molecule has 0 saturated carbocycles. The molecule has 3 heteroatoms. The van der Waals surface area contributed by atoms with Gasteiger partial charge in [-0.05, 0) is 49.6 Å². The molecule has 2 aromatic rings. The van der Waals surface area contributed by atoms with Gasteiger partial charge in [-0.3, -0.25) is 0 Å². The first-order chi connectivity index (χ1) is 8.99. The summed E-state index contributed by atoms with van der Waals surface area (Å²) in [4.78, 5) is 0. The molecule has 0 aliphatic carbocycles. The summed E-state index contributed by atoms with van der Waals surface area (Å²) in [5, 5.41) is 4.63. The highest BCUT2D eigenvalue weighted by atomic mass is 35.5. The molecule has 0 bridgehead atoms. The highest BCUT2D eigenvalue weighted by Crippen LogP contribution is 2.30. The van der Waals surface area contributed by atoms with Crippen molar-refractivity contribution in [2.75, 3.05) is 5.32 Å². The van der Waals surface area contributed by atoms with Crippen LogP contribution >= 0.6 is 23.2 Å². The van der Waals surface area contributed by atoms with Crippen LogP contribution < -0.4 is 5.32 Å². The van der Waals surface area contributed by atoms with Crippen LogP contribution in [-0.2, 0) is 6.54 Å². The van der Waals surface area contributed by atoms with E-state index < -0.39 is 0 Å². The van der Waals surface area contributed by atoms with Crippen LogP contribution in [-0.4, -0.2) is 0 Å². The van der Waals surface area contributed by atoms with Crippen molar-refractivity contribution in [3.8, 4) is 0 Å². The van der Waals surface area contributed by atoms with Crippen LogP contribution in [0.2, 0.25) is 10.0 Å². The van der Waals surface area contributed by atoms with Gasteiger partial charge in [0, 0.05) is 6.54 Å². The second kappa shape index (κ2) is 5.85. The number of anilines is 1. The molecule has 1 nitrogen and oxygen atoms in total. The second-order valence-corrected chi connectivity index (χ2v) is 5.64. The van der Waals surface area contributed by atoms with Gasteiger partial charge in [-0.1, -0.05) is 47.0 Å². The van der Waals surface area contributed by atoms with Gasteiger partial charge in [0.05, 0.1) is 15.7 Å². The maximum Gasteiger partial charge on any atom is 0.0721 e. The number of benzene rings is 2. The topological polar surface area (TPSA) is 12.0 Å². The van der Waals surface area contributed by atoms with Gasteiger partial charge in [0.25, 0.3) is 0 Å². The van der Waals surface area contributed by atoms with E-state index in [4.69, 9.17) is 23.2 Å². The first-order valence-corrected chi connectivity index (χ1v) is 6.99. The van der Waals surface area contributed by atoms with E-state index in [2.05, 4.69) is 38.2 Å². The van der Waals surface area contributed by atoms with Gasteiger partial charge in [-0.15, -0.1) is 0 Å². The van der Waals surface area contributed by atoms with Crippen LogP contribution in [0.25, 0.3) is 0 Å². The number of para-hydroxylation sites is 1. The Labute approximate surface area is 124 Å². The molecule has 0 atom stereocenters. The van der Waals surface area contributed by atoms with Crippen LogP contribution in [0, 0.1) is 20.8 Å². The Hall–Kier alpha value is -1.18. The van der Waals surface area contributed by atoms with E-state index >= 15 is 0 Å². The third-order valence-electron chi connectivity index (χ3n) is 3.25. The lowest BCUT2D eigenvalue weighted by Gasteiger charge is -2.15. The van der Waals surface area contributed by atoms with Gasteiger partial charge in [0.15, 0.2) is 0 Å². The van der Waals surface area contributed by atoms with E-state index in [-0.39, 0.29) is 0 Å². The zero-order valence-corrected chi connectivity index (χ0v) is 12.9. The van der Waals surface area contributed by atoms with Crippen LogP contribution in [0.4, 0.5) is 5.69 Å². The molecule has 0 unspecified atom stereocenters. The average Bonchev–Trinajstić information content (AvgIpc) is 2.31. The monoisotopic (exact) mass is 293 g/mol. The molecule has 2 rings (SSSR count). The molecule has 0 fully saturated rings. The van der Waals surface area contributed by atoms with Crippen molar-refractivity contribution in [1.29, 1.82) is 0 Å². The van der Waals surface area contributed by atoms with Crippen molar-refractivity contribution < 1.29 is 0 Å². The third kappa shape index (κ3) is 3.23. The summed E-state index contributed by atoms with van der Waals surface area (Å²) in [6, 6.07) is 9.91. The number of aryl methyl sites for hydroxylation is 3. The number of halogens is 2. The molecule has 1 N–H and O–H groups in total. The summed E-state index contributed by atoms with van der Waals surface area (Å²) < 4.78 is 0. The van der Waals surface area contributed by atoms with Gasteiger partial charge in [0.1, 0.15) is 0 Å². The van der Waals surface area contributed by atoms with E-state index in [9.17, 15) is 0 Å². The van der Waals surface area contributed by atoms with E-state index in [1.54, 1.807) is 0 Å². The summed E-state index contributed by atoms with van der Waals surface area (Å²) in [6.07, 6.45) is 0. The van der Waals surface area contributed by atoms with Gasteiger partial charge < -0.3 is 5.32 Å². The quantitative estimate of drug-likeness (QED) is 0.784. The summed E-state index contributed by atoms with van der Waals surface area (Å²) in [6.45, 7) is 7.10. The predicted molar refractivity (Wildman–Crippen MR) is 84.4 cm³/mol. The summed E-state index contributed by atoms with van der Waals surface area (Å²) in [7, 11) is 0. The van der Waals surface area contributed by atoms with Gasteiger partial charge in [0.2, 0.25) is 0 Å². The van der Waals surface area contributed by atoms with E-state index in [0.717, 1.165) is 12.2 Å². The van der Waals surface area contributed by atoms with E-state index in [1.807, 2.05) is 18.2 Å². The average molecular weight is 294 g/mol. The Morgan fingerprint density at radius 3 is 2.00 bits per heavy atom. The minimum atomic E-state index is 0.648. The number of nitrogens with one attached hydrogen (secondary N) is 1. The Morgan fingerprint density at radius 2 is 1.47 bits per heavy atom. The summed E-state index contributed by atoms with van der Waals surface area (Å²) in [5.41, 5.74) is 5.95. The fourth-order valence-electron chi connectivity index (χ4n) is 2.33. The smallest absolute Gasteiger partial charge is 0.0721 e. The van der Waals surface area contributed by atoms with Gasteiger partial charge in [-0.25, -0.2) is 0 Å². The molecule has 2 aromatic carbocycles. The molecule has 0 aromatic heterocycles. The van der Waals surface area contributed by atoms with Crippen molar-refractivity contribution >= 4 is 28.9 Å². The first-order valence-electron chi connectivity index (χ1n) is 6.23. The molecule has 0 aliphatic rings. The lowest BCUT2D eigenvalue weighted by Crippen LogP contribution is -2.05. The largest absolute Gasteiger partial charge is 0.379 e. The molecule has 0 aliphatic heterocycles. The summed E-state index contributed by atoms with van der Waals surface area (Å²) >= 11 is 12.3. The summed E-state index contributed by atoms with van der Waals surface area (Å²) in [5.74, 6) is 0. The number of hydrogen-bond donors (Lipinski definition) is 1. The third-order valence-corrected chi connectivity index (χ3v) is 3.88. The maximum atomic E-state index is 6.15. The van der Waals surface area contributed by atoms with E-state index in [0.29, 0.717) is 10.0 Å². The van der Waals surface area contributed by atoms with Crippen LogP contribution in [0.5, 0.6) is 0 Å². The normalized spacial score (nSPS) is 10.6. The molecular weight excluding hydrogens is 277 g/mol. The zero-order chi connectivity index (χ0) is 14.0. The zero-order valence-electron chi connectivity index (χ0n) is 11.3. The molecule has 0 spiro atoms. The van der Waals surface area contributed by atoms with E-state index in [1.165, 1.54) is 22.3 Å². The molecule has 0 radical (unpaired) electrons. The lowest BCUT2D eigenvalue weighted by molar-refractivity contribution is 1.08. The van der Waals surface area contributed by atoms with Crippen molar-refractivity contribution in [2.45, 2.75) is 27.3 Å². The first kappa shape index (κ1) is 14.2. The number of hydrogen-bond acceptors (Lipinski definition) is 1. The molecular formula is C16H17Cl2N. The van der Waals surface area contributed by atoms with Crippen molar-refractivity contribution in [3.05, 3.63) is 62.6 Å². The minimum Gasteiger partial charge on any atom is -0.379 e. The molecule has 0 heterocycles. The number of rotatable bonds is 3. The molecule has 100 valence electrons. The standard InChI is InChI=1S/C16H17Cl2N/c1-10-7-11(2)13(12(3)8-10)9-19-16-14(17)5-4-6-15(16)18/h4-8,19H,9H2,1-3H3. The predicted octanol–water partition coefficient (Wildman–Crippen LogP) is 5.53. The Morgan fingerprint density at radius 1 is 0.947 bits per heavy atom. The Bertz CT molecular complexity index is 562. The molecule has 0 amide bonds. The maximum absolute atomic E-state index is 6.15. The molecule has 0 saturated heterocycles. The Balaban J connectivity index is 2.24.